The van der Waals surface area contributed by atoms with Crippen LogP contribution in [-0.2, 0) is 20.2 Å². The van der Waals surface area contributed by atoms with Gasteiger partial charge in [-0.2, -0.15) is 5.10 Å². The lowest BCUT2D eigenvalue weighted by Gasteiger charge is -2.20. The second kappa shape index (κ2) is 5.71. The zero-order valence-electron chi connectivity index (χ0n) is 12.9. The van der Waals surface area contributed by atoms with Crippen molar-refractivity contribution in [2.45, 2.75) is 46.4 Å². The van der Waals surface area contributed by atoms with Crippen molar-refractivity contribution in [3.05, 3.63) is 35.4 Å². The van der Waals surface area contributed by atoms with E-state index in [2.05, 4.69) is 31.2 Å². The number of hydrogen-bond donors (Lipinski definition) is 1. The topological polar surface area (TPSA) is 52.2 Å². The Morgan fingerprint density at radius 3 is 2.75 bits per heavy atom. The molecule has 0 aromatic carbocycles. The van der Waals surface area contributed by atoms with E-state index in [4.69, 9.17) is 9.15 Å². The molecule has 1 N–H and O–H groups in total. The van der Waals surface area contributed by atoms with E-state index in [9.17, 15) is 0 Å². The fourth-order valence-corrected chi connectivity index (χ4v) is 1.87. The van der Waals surface area contributed by atoms with Gasteiger partial charge in [0.15, 0.2) is 0 Å². The van der Waals surface area contributed by atoms with Crippen LogP contribution in [-0.4, -0.2) is 15.3 Å². The summed E-state index contributed by atoms with van der Waals surface area (Å²) in [5.74, 6) is 1.68. The fraction of sp³-hybridized carbons (Fsp3) is 0.533. The number of nitrogens with one attached hydrogen (secondary N) is 1. The van der Waals surface area contributed by atoms with E-state index in [-0.39, 0.29) is 5.54 Å². The summed E-state index contributed by atoms with van der Waals surface area (Å²) in [5, 5.41) is 7.67. The molecule has 0 saturated heterocycles. The van der Waals surface area contributed by atoms with E-state index in [1.165, 1.54) is 0 Å². The van der Waals surface area contributed by atoms with E-state index < -0.39 is 0 Å². The first-order chi connectivity index (χ1) is 9.35. The highest BCUT2D eigenvalue weighted by Crippen LogP contribution is 2.17. The molecule has 0 aliphatic carbocycles. The van der Waals surface area contributed by atoms with Crippen LogP contribution in [0.3, 0.4) is 0 Å². The highest BCUT2D eigenvalue weighted by molar-refractivity contribution is 5.19. The Kier molecular flexibility index (Phi) is 4.18. The van der Waals surface area contributed by atoms with Gasteiger partial charge in [-0.05, 0) is 33.8 Å². The van der Waals surface area contributed by atoms with Gasteiger partial charge in [0, 0.05) is 24.2 Å². The maximum absolute atomic E-state index is 5.79. The molecule has 110 valence electrons. The van der Waals surface area contributed by atoms with Crippen LogP contribution >= 0.6 is 0 Å². The molecule has 0 atom stereocenters. The third kappa shape index (κ3) is 3.87. The third-order valence-electron chi connectivity index (χ3n) is 2.95. The summed E-state index contributed by atoms with van der Waals surface area (Å²) in [5.41, 5.74) is 2.06. The first-order valence-electron chi connectivity index (χ1n) is 6.79. The average molecular weight is 277 g/mol. The predicted octanol–water partition coefficient (Wildman–Crippen LogP) is 2.79. The number of furan rings is 1. The van der Waals surface area contributed by atoms with Crippen LogP contribution in [0.5, 0.6) is 5.88 Å². The first kappa shape index (κ1) is 14.7. The van der Waals surface area contributed by atoms with Crippen LogP contribution in [0, 0.1) is 6.92 Å². The van der Waals surface area contributed by atoms with Gasteiger partial charge in [-0.3, -0.25) is 0 Å². The second-order valence-electron chi connectivity index (χ2n) is 6.01. The Balaban J connectivity index is 1.97. The van der Waals surface area contributed by atoms with E-state index in [1.54, 1.807) is 10.9 Å². The van der Waals surface area contributed by atoms with Crippen molar-refractivity contribution in [3.63, 3.8) is 0 Å². The summed E-state index contributed by atoms with van der Waals surface area (Å²) in [6.07, 6.45) is 1.70. The molecule has 0 aliphatic rings. The van der Waals surface area contributed by atoms with Crippen molar-refractivity contribution < 1.29 is 9.15 Å². The lowest BCUT2D eigenvalue weighted by molar-refractivity contribution is 0.274. The number of aryl methyl sites for hydroxylation is 2. The standard InChI is InChI=1S/C15H23N3O2/c1-11-8-14(18(5)17-11)20-10-12-6-7-19-13(12)9-16-15(2,3)4/h6-8,16H,9-10H2,1-5H3. The Labute approximate surface area is 119 Å². The summed E-state index contributed by atoms with van der Waals surface area (Å²) in [7, 11) is 1.87. The van der Waals surface area contributed by atoms with Crippen LogP contribution in [0.25, 0.3) is 0 Å². The molecular formula is C15H23N3O2. The number of ether oxygens (including phenoxy) is 1. The van der Waals surface area contributed by atoms with Gasteiger partial charge in [-0.15, -0.1) is 0 Å². The normalized spacial score (nSPS) is 11.8. The molecule has 5 nitrogen and oxygen atoms in total. The number of nitrogens with zero attached hydrogens (tertiary/aromatic N) is 2. The molecular weight excluding hydrogens is 254 g/mol. The van der Waals surface area contributed by atoms with Crippen molar-refractivity contribution in [2.24, 2.45) is 7.05 Å². The smallest absolute Gasteiger partial charge is 0.212 e. The van der Waals surface area contributed by atoms with Crippen LogP contribution in [0.2, 0.25) is 0 Å². The molecule has 20 heavy (non-hydrogen) atoms. The average Bonchev–Trinajstić information content (AvgIpc) is 2.89. The van der Waals surface area contributed by atoms with Gasteiger partial charge < -0.3 is 14.5 Å². The van der Waals surface area contributed by atoms with Crippen molar-refractivity contribution in [1.29, 1.82) is 0 Å². The zero-order chi connectivity index (χ0) is 14.8. The van der Waals surface area contributed by atoms with Crippen molar-refractivity contribution in [2.75, 3.05) is 0 Å². The van der Waals surface area contributed by atoms with E-state index in [1.807, 2.05) is 26.1 Å². The van der Waals surface area contributed by atoms with Gasteiger partial charge in [-0.1, -0.05) is 0 Å². The number of hydrogen-bond acceptors (Lipinski definition) is 4. The van der Waals surface area contributed by atoms with Crippen molar-refractivity contribution in [3.8, 4) is 5.88 Å². The number of rotatable bonds is 5. The zero-order valence-corrected chi connectivity index (χ0v) is 12.9. The molecule has 0 unspecified atom stereocenters. The number of aromatic nitrogens is 2. The molecule has 2 rings (SSSR count). The van der Waals surface area contributed by atoms with Crippen molar-refractivity contribution >= 4 is 0 Å². The molecule has 0 aliphatic heterocycles. The van der Waals surface area contributed by atoms with Gasteiger partial charge >= 0.3 is 0 Å². The fourth-order valence-electron chi connectivity index (χ4n) is 1.87. The van der Waals surface area contributed by atoms with Gasteiger partial charge in [0.05, 0.1) is 18.5 Å². The molecule has 0 bridgehead atoms. The van der Waals surface area contributed by atoms with E-state index >= 15 is 0 Å². The SMILES string of the molecule is Cc1cc(OCc2ccoc2CNC(C)(C)C)n(C)n1. The molecule has 0 radical (unpaired) electrons. The second-order valence-corrected chi connectivity index (χ2v) is 6.01. The summed E-state index contributed by atoms with van der Waals surface area (Å²) in [4.78, 5) is 0. The van der Waals surface area contributed by atoms with Crippen LogP contribution < -0.4 is 10.1 Å². The molecule has 0 saturated carbocycles. The molecule has 0 amide bonds. The van der Waals surface area contributed by atoms with Crippen LogP contribution in [0.15, 0.2) is 22.8 Å². The quantitative estimate of drug-likeness (QED) is 0.913. The van der Waals surface area contributed by atoms with Gasteiger partial charge in [0.1, 0.15) is 12.4 Å². The third-order valence-corrected chi connectivity index (χ3v) is 2.95. The summed E-state index contributed by atoms with van der Waals surface area (Å²) < 4.78 is 13.0. The lowest BCUT2D eigenvalue weighted by atomic mass is 10.1. The highest BCUT2D eigenvalue weighted by atomic mass is 16.5. The molecule has 0 fully saturated rings. The maximum Gasteiger partial charge on any atom is 0.212 e. The summed E-state index contributed by atoms with van der Waals surface area (Å²) in [6.45, 7) is 9.51. The maximum atomic E-state index is 5.79. The molecule has 0 spiro atoms. The monoisotopic (exact) mass is 277 g/mol. The molecule has 2 heterocycles. The predicted molar refractivity (Wildman–Crippen MR) is 77.6 cm³/mol. The highest BCUT2D eigenvalue weighted by Gasteiger charge is 2.13. The van der Waals surface area contributed by atoms with Crippen molar-refractivity contribution in [1.82, 2.24) is 15.1 Å². The van der Waals surface area contributed by atoms with E-state index in [0.717, 1.165) is 22.9 Å². The van der Waals surface area contributed by atoms with Gasteiger partial charge in [-0.25, -0.2) is 4.68 Å². The summed E-state index contributed by atoms with van der Waals surface area (Å²) in [6, 6.07) is 3.87. The Morgan fingerprint density at radius 1 is 1.40 bits per heavy atom. The minimum atomic E-state index is 0.0596. The van der Waals surface area contributed by atoms with E-state index in [0.29, 0.717) is 13.2 Å². The Morgan fingerprint density at radius 2 is 2.15 bits per heavy atom. The minimum absolute atomic E-state index is 0.0596. The van der Waals surface area contributed by atoms with Crippen LogP contribution in [0.1, 0.15) is 37.8 Å². The lowest BCUT2D eigenvalue weighted by Crippen LogP contribution is -2.35. The Bertz CT molecular complexity index is 564. The van der Waals surface area contributed by atoms with Gasteiger partial charge in [0.2, 0.25) is 5.88 Å². The van der Waals surface area contributed by atoms with Gasteiger partial charge in [0.25, 0.3) is 0 Å². The summed E-state index contributed by atoms with van der Waals surface area (Å²) >= 11 is 0. The first-order valence-corrected chi connectivity index (χ1v) is 6.79. The molecule has 2 aromatic rings. The largest absolute Gasteiger partial charge is 0.473 e. The Hall–Kier alpha value is -1.75. The molecule has 2 aromatic heterocycles. The molecule has 5 heteroatoms. The van der Waals surface area contributed by atoms with Crippen LogP contribution in [0.4, 0.5) is 0 Å². The minimum Gasteiger partial charge on any atom is -0.473 e.